The molecular weight excluding hydrogens is 232 g/mol. The number of hydrogen-bond acceptors (Lipinski definition) is 1. The number of hydrogen-bond donors (Lipinski definition) is 0. The second-order valence-electron chi connectivity index (χ2n) is 5.33. The lowest BCUT2D eigenvalue weighted by Gasteiger charge is -2.26. The van der Waals surface area contributed by atoms with Crippen molar-refractivity contribution in [2.75, 3.05) is 0 Å². The molecule has 1 aliphatic carbocycles. The summed E-state index contributed by atoms with van der Waals surface area (Å²) in [5.74, 6) is 2.00. The summed E-state index contributed by atoms with van der Waals surface area (Å²) in [6.07, 6.45) is 6.63. The van der Waals surface area contributed by atoms with Gasteiger partial charge >= 0.3 is 0 Å². The van der Waals surface area contributed by atoms with E-state index < -0.39 is 0 Å². The summed E-state index contributed by atoms with van der Waals surface area (Å²) < 4.78 is 2.49. The number of nitrogens with zero attached hydrogens (tertiary/aromatic N) is 2. The minimum atomic E-state index is 0.676. The molecule has 2 unspecified atom stereocenters. The van der Waals surface area contributed by atoms with Gasteiger partial charge in [-0.05, 0) is 43.9 Å². The van der Waals surface area contributed by atoms with Crippen LogP contribution in [-0.4, -0.2) is 9.55 Å². The Morgan fingerprint density at radius 1 is 1.18 bits per heavy atom. The van der Waals surface area contributed by atoms with Crippen LogP contribution in [0.3, 0.4) is 0 Å². The van der Waals surface area contributed by atoms with Gasteiger partial charge in [0.15, 0.2) is 0 Å². The topological polar surface area (TPSA) is 17.8 Å². The van der Waals surface area contributed by atoms with E-state index in [1.54, 1.807) is 0 Å². The quantitative estimate of drug-likeness (QED) is 0.678. The van der Waals surface area contributed by atoms with Gasteiger partial charge in [0.1, 0.15) is 5.82 Å². The Labute approximate surface area is 106 Å². The summed E-state index contributed by atoms with van der Waals surface area (Å²) in [5, 5.41) is 0.790. The van der Waals surface area contributed by atoms with E-state index in [1.165, 1.54) is 43.4 Å². The SMILES string of the molecule is Clc1ccc2c(c1)nc1n2C2CCCC1CC2. The fourth-order valence-corrected chi connectivity index (χ4v) is 3.73. The molecule has 2 atom stereocenters. The monoisotopic (exact) mass is 246 g/mol. The minimum Gasteiger partial charge on any atom is -0.325 e. The van der Waals surface area contributed by atoms with Gasteiger partial charge in [-0.1, -0.05) is 18.0 Å². The Morgan fingerprint density at radius 2 is 2.12 bits per heavy atom. The molecule has 1 aromatic carbocycles. The third kappa shape index (κ3) is 1.37. The molecule has 17 heavy (non-hydrogen) atoms. The van der Waals surface area contributed by atoms with Gasteiger partial charge in [-0.25, -0.2) is 4.98 Å². The molecule has 0 amide bonds. The van der Waals surface area contributed by atoms with E-state index in [0.29, 0.717) is 12.0 Å². The largest absolute Gasteiger partial charge is 0.325 e. The van der Waals surface area contributed by atoms with Crippen molar-refractivity contribution in [3.8, 4) is 0 Å². The van der Waals surface area contributed by atoms with Crippen molar-refractivity contribution >= 4 is 22.6 Å². The number of imidazole rings is 1. The van der Waals surface area contributed by atoms with Crippen LogP contribution in [0.5, 0.6) is 0 Å². The van der Waals surface area contributed by atoms with Gasteiger partial charge < -0.3 is 4.57 Å². The van der Waals surface area contributed by atoms with Crippen LogP contribution in [0.25, 0.3) is 11.0 Å². The highest BCUT2D eigenvalue weighted by molar-refractivity contribution is 6.31. The van der Waals surface area contributed by atoms with Gasteiger partial charge in [0.2, 0.25) is 0 Å². The molecule has 1 aromatic heterocycles. The molecule has 0 N–H and O–H groups in total. The van der Waals surface area contributed by atoms with Crippen molar-refractivity contribution in [2.45, 2.75) is 44.1 Å². The molecule has 3 aliphatic rings. The predicted molar refractivity (Wildman–Crippen MR) is 69.6 cm³/mol. The molecular formula is C14H15ClN2. The van der Waals surface area contributed by atoms with Crippen molar-refractivity contribution in [3.63, 3.8) is 0 Å². The number of aromatic nitrogens is 2. The van der Waals surface area contributed by atoms with Gasteiger partial charge in [0, 0.05) is 17.0 Å². The molecule has 2 aromatic rings. The zero-order chi connectivity index (χ0) is 11.4. The lowest BCUT2D eigenvalue weighted by Crippen LogP contribution is -2.17. The number of halogens is 1. The fraction of sp³-hybridized carbons (Fsp3) is 0.500. The molecule has 3 heteroatoms. The van der Waals surface area contributed by atoms with E-state index in [9.17, 15) is 0 Å². The fourth-order valence-electron chi connectivity index (χ4n) is 3.56. The first-order valence-corrected chi connectivity index (χ1v) is 6.88. The Balaban J connectivity index is 2.03. The second-order valence-corrected chi connectivity index (χ2v) is 5.77. The molecule has 88 valence electrons. The maximum absolute atomic E-state index is 6.05. The summed E-state index contributed by atoms with van der Waals surface area (Å²) in [5.41, 5.74) is 2.35. The minimum absolute atomic E-state index is 0.676. The average Bonchev–Trinajstić information content (AvgIpc) is 2.49. The second kappa shape index (κ2) is 3.49. The summed E-state index contributed by atoms with van der Waals surface area (Å²) in [4.78, 5) is 4.84. The molecule has 0 radical (unpaired) electrons. The van der Waals surface area contributed by atoms with Crippen LogP contribution in [0, 0.1) is 0 Å². The van der Waals surface area contributed by atoms with E-state index >= 15 is 0 Å². The first-order valence-electron chi connectivity index (χ1n) is 6.50. The maximum atomic E-state index is 6.05. The Kier molecular flexibility index (Phi) is 2.04. The molecule has 1 saturated carbocycles. The van der Waals surface area contributed by atoms with Crippen molar-refractivity contribution in [1.82, 2.24) is 9.55 Å². The molecule has 0 spiro atoms. The highest BCUT2D eigenvalue weighted by atomic mass is 35.5. The zero-order valence-electron chi connectivity index (χ0n) is 9.69. The lowest BCUT2D eigenvalue weighted by molar-refractivity contribution is 0.392. The van der Waals surface area contributed by atoms with E-state index in [0.717, 1.165) is 10.5 Å². The highest BCUT2D eigenvalue weighted by Gasteiger charge is 2.32. The maximum Gasteiger partial charge on any atom is 0.113 e. The summed E-state index contributed by atoms with van der Waals surface area (Å²) in [7, 11) is 0. The molecule has 2 bridgehead atoms. The first-order chi connectivity index (χ1) is 8.33. The summed E-state index contributed by atoms with van der Waals surface area (Å²) >= 11 is 6.05. The molecule has 2 nitrogen and oxygen atoms in total. The third-order valence-electron chi connectivity index (χ3n) is 4.35. The van der Waals surface area contributed by atoms with Crippen molar-refractivity contribution < 1.29 is 0 Å². The van der Waals surface area contributed by atoms with Gasteiger partial charge in [0.25, 0.3) is 0 Å². The predicted octanol–water partition coefficient (Wildman–Crippen LogP) is 4.29. The van der Waals surface area contributed by atoms with E-state index in [4.69, 9.17) is 16.6 Å². The van der Waals surface area contributed by atoms with Gasteiger partial charge in [0.05, 0.1) is 11.0 Å². The Morgan fingerprint density at radius 3 is 3.06 bits per heavy atom. The van der Waals surface area contributed by atoms with E-state index in [2.05, 4.69) is 10.6 Å². The van der Waals surface area contributed by atoms with Crippen molar-refractivity contribution in [1.29, 1.82) is 0 Å². The molecule has 3 heterocycles. The van der Waals surface area contributed by atoms with Crippen LogP contribution in [0.15, 0.2) is 18.2 Å². The highest BCUT2D eigenvalue weighted by Crippen LogP contribution is 2.44. The van der Waals surface area contributed by atoms with Gasteiger partial charge in [-0.15, -0.1) is 0 Å². The molecule has 1 fully saturated rings. The van der Waals surface area contributed by atoms with E-state index in [-0.39, 0.29) is 0 Å². The molecule has 2 aliphatic heterocycles. The smallest absolute Gasteiger partial charge is 0.113 e. The number of benzene rings is 1. The van der Waals surface area contributed by atoms with Gasteiger partial charge in [-0.3, -0.25) is 0 Å². The third-order valence-corrected chi connectivity index (χ3v) is 4.58. The van der Waals surface area contributed by atoms with Crippen molar-refractivity contribution in [3.05, 3.63) is 29.0 Å². The number of fused-ring (bicyclic) bond motifs is 4. The standard InChI is InChI=1S/C14H15ClN2/c15-10-5-7-13-12(8-10)16-14-9-2-1-3-11(6-4-9)17(13)14/h5,7-9,11H,1-4,6H2. The Bertz CT molecular complexity index is 583. The van der Waals surface area contributed by atoms with Crippen LogP contribution < -0.4 is 0 Å². The van der Waals surface area contributed by atoms with Crippen LogP contribution in [0.1, 0.15) is 49.9 Å². The first kappa shape index (κ1) is 9.95. The van der Waals surface area contributed by atoms with Crippen LogP contribution in [0.4, 0.5) is 0 Å². The normalized spacial score (nSPS) is 27.1. The zero-order valence-corrected chi connectivity index (χ0v) is 10.5. The Hall–Kier alpha value is -1.02. The summed E-state index contributed by atoms with van der Waals surface area (Å²) in [6, 6.07) is 6.79. The molecule has 0 saturated heterocycles. The van der Waals surface area contributed by atoms with Crippen LogP contribution >= 0.6 is 11.6 Å². The average molecular weight is 247 g/mol. The van der Waals surface area contributed by atoms with Crippen molar-refractivity contribution in [2.24, 2.45) is 0 Å². The molecule has 5 rings (SSSR count). The van der Waals surface area contributed by atoms with Crippen LogP contribution in [0.2, 0.25) is 5.02 Å². The van der Waals surface area contributed by atoms with E-state index in [1.807, 2.05) is 12.1 Å². The van der Waals surface area contributed by atoms with Crippen LogP contribution in [-0.2, 0) is 0 Å². The summed E-state index contributed by atoms with van der Waals surface area (Å²) in [6.45, 7) is 0. The number of rotatable bonds is 0. The van der Waals surface area contributed by atoms with Gasteiger partial charge in [-0.2, -0.15) is 0 Å². The lowest BCUT2D eigenvalue weighted by atomic mass is 9.96.